The van der Waals surface area contributed by atoms with E-state index in [1.54, 1.807) is 17.7 Å². The molecule has 6 rings (SSSR count). The molecule has 5 heterocycles. The third-order valence-corrected chi connectivity index (χ3v) is 7.37. The van der Waals surface area contributed by atoms with Crippen LogP contribution in [-0.2, 0) is 6.54 Å². The number of aryl methyl sites for hydroxylation is 2. The van der Waals surface area contributed by atoms with Gasteiger partial charge in [0, 0.05) is 36.4 Å². The zero-order valence-electron chi connectivity index (χ0n) is 17.9. The maximum absolute atomic E-state index is 12.6. The summed E-state index contributed by atoms with van der Waals surface area (Å²) in [4.78, 5) is 35.8. The van der Waals surface area contributed by atoms with Crippen LogP contribution in [0.3, 0.4) is 0 Å². The number of thiophene rings is 1. The standard InChI is InChI=1S/C23H22N6O2S/c1-13-14(2)32-23-18(13)22(30)26-17(27-23)11-28-7-9-29(10-8-28)21-20-19(24-12-25-21)15-5-3-4-6-16(15)31-20/h3-6,12H,7-11H2,1-2H3,(H,26,27,30). The zero-order valence-corrected chi connectivity index (χ0v) is 18.7. The fourth-order valence-electron chi connectivity index (χ4n) is 4.44. The molecule has 8 nitrogen and oxygen atoms in total. The third-order valence-electron chi connectivity index (χ3n) is 6.27. The summed E-state index contributed by atoms with van der Waals surface area (Å²) < 4.78 is 6.10. The van der Waals surface area contributed by atoms with Crippen LogP contribution < -0.4 is 10.5 Å². The van der Waals surface area contributed by atoms with Gasteiger partial charge in [-0.3, -0.25) is 9.69 Å². The molecule has 1 aliphatic rings. The van der Waals surface area contributed by atoms with Crippen molar-refractivity contribution in [3.05, 3.63) is 57.2 Å². The highest BCUT2D eigenvalue weighted by Gasteiger charge is 2.23. The van der Waals surface area contributed by atoms with Gasteiger partial charge in [-0.2, -0.15) is 0 Å². The maximum atomic E-state index is 12.6. The summed E-state index contributed by atoms with van der Waals surface area (Å²) >= 11 is 1.59. The van der Waals surface area contributed by atoms with Crippen LogP contribution in [0.15, 0.2) is 39.8 Å². The molecule has 4 aromatic heterocycles. The molecule has 0 unspecified atom stereocenters. The molecule has 0 atom stereocenters. The van der Waals surface area contributed by atoms with Crippen molar-refractivity contribution in [2.75, 3.05) is 31.1 Å². The highest BCUT2D eigenvalue weighted by Crippen LogP contribution is 2.32. The van der Waals surface area contributed by atoms with Crippen LogP contribution in [-0.4, -0.2) is 51.0 Å². The minimum Gasteiger partial charge on any atom is -0.450 e. The Hall–Kier alpha value is -3.30. The molecule has 1 fully saturated rings. The van der Waals surface area contributed by atoms with Crippen LogP contribution in [0.1, 0.15) is 16.3 Å². The second-order valence-corrected chi connectivity index (χ2v) is 9.42. The summed E-state index contributed by atoms with van der Waals surface area (Å²) in [7, 11) is 0. The van der Waals surface area contributed by atoms with Gasteiger partial charge in [0.2, 0.25) is 0 Å². The molecular formula is C23H22N6O2S. The highest BCUT2D eigenvalue weighted by atomic mass is 32.1. The molecule has 0 radical (unpaired) electrons. The molecule has 5 aromatic rings. The van der Waals surface area contributed by atoms with Gasteiger partial charge in [0.05, 0.1) is 11.9 Å². The van der Waals surface area contributed by atoms with Crippen molar-refractivity contribution in [2.24, 2.45) is 0 Å². The second kappa shape index (κ2) is 7.39. The third kappa shape index (κ3) is 3.08. The number of furan rings is 1. The van der Waals surface area contributed by atoms with Crippen molar-refractivity contribution in [2.45, 2.75) is 20.4 Å². The molecule has 32 heavy (non-hydrogen) atoms. The maximum Gasteiger partial charge on any atom is 0.259 e. The van der Waals surface area contributed by atoms with Crippen molar-refractivity contribution >= 4 is 49.4 Å². The summed E-state index contributed by atoms with van der Waals surface area (Å²) in [5.74, 6) is 1.56. The van der Waals surface area contributed by atoms with Crippen LogP contribution >= 0.6 is 11.3 Å². The normalized spacial score (nSPS) is 15.4. The van der Waals surface area contributed by atoms with Crippen molar-refractivity contribution in [1.82, 2.24) is 24.8 Å². The fourth-order valence-corrected chi connectivity index (χ4v) is 5.49. The molecule has 162 valence electrons. The molecule has 1 aromatic carbocycles. The van der Waals surface area contributed by atoms with Gasteiger partial charge in [-0.15, -0.1) is 11.3 Å². The number of fused-ring (bicyclic) bond motifs is 4. The average molecular weight is 447 g/mol. The van der Waals surface area contributed by atoms with Gasteiger partial charge in [0.25, 0.3) is 5.56 Å². The Balaban J connectivity index is 1.22. The van der Waals surface area contributed by atoms with Crippen LogP contribution in [0.2, 0.25) is 0 Å². The van der Waals surface area contributed by atoms with E-state index in [0.717, 1.165) is 80.5 Å². The SMILES string of the molecule is Cc1sc2nc(CN3CCN(c4ncnc5c4oc4ccccc45)CC3)[nH]c(=O)c2c1C. The summed E-state index contributed by atoms with van der Waals surface area (Å²) in [5.41, 5.74) is 3.40. The number of nitrogens with zero attached hydrogens (tertiary/aromatic N) is 5. The quantitative estimate of drug-likeness (QED) is 0.453. The molecular weight excluding hydrogens is 424 g/mol. The average Bonchev–Trinajstić information content (AvgIpc) is 3.31. The van der Waals surface area contributed by atoms with E-state index in [2.05, 4.69) is 24.8 Å². The highest BCUT2D eigenvalue weighted by molar-refractivity contribution is 7.18. The van der Waals surface area contributed by atoms with E-state index in [0.29, 0.717) is 6.54 Å². The van der Waals surface area contributed by atoms with E-state index in [-0.39, 0.29) is 5.56 Å². The topological polar surface area (TPSA) is 91.2 Å². The van der Waals surface area contributed by atoms with Crippen LogP contribution in [0.5, 0.6) is 0 Å². The Kier molecular flexibility index (Phi) is 4.48. The first-order valence-electron chi connectivity index (χ1n) is 10.7. The van der Waals surface area contributed by atoms with Gasteiger partial charge in [0.1, 0.15) is 28.1 Å². The van der Waals surface area contributed by atoms with E-state index < -0.39 is 0 Å². The molecule has 0 spiro atoms. The number of para-hydroxylation sites is 1. The molecule has 1 N–H and O–H groups in total. The molecule has 1 aliphatic heterocycles. The van der Waals surface area contributed by atoms with E-state index in [1.807, 2.05) is 38.1 Å². The van der Waals surface area contributed by atoms with Crippen molar-refractivity contribution in [3.8, 4) is 0 Å². The largest absolute Gasteiger partial charge is 0.450 e. The number of aromatic amines is 1. The van der Waals surface area contributed by atoms with Crippen LogP contribution in [0.4, 0.5) is 5.82 Å². The lowest BCUT2D eigenvalue weighted by Crippen LogP contribution is -2.46. The Labute approximate surface area is 187 Å². The smallest absolute Gasteiger partial charge is 0.259 e. The Morgan fingerprint density at radius 3 is 2.78 bits per heavy atom. The lowest BCUT2D eigenvalue weighted by atomic mass is 10.2. The molecule has 9 heteroatoms. The molecule has 0 saturated carbocycles. The number of anilines is 1. The van der Waals surface area contributed by atoms with Gasteiger partial charge in [0.15, 0.2) is 11.4 Å². The number of hydrogen-bond donors (Lipinski definition) is 1. The lowest BCUT2D eigenvalue weighted by Gasteiger charge is -2.34. The minimum absolute atomic E-state index is 0.0428. The number of rotatable bonds is 3. The second-order valence-electron chi connectivity index (χ2n) is 8.21. The fraction of sp³-hybridized carbons (Fsp3) is 0.304. The molecule has 0 aliphatic carbocycles. The van der Waals surface area contributed by atoms with Gasteiger partial charge < -0.3 is 14.3 Å². The number of H-pyrrole nitrogens is 1. The Morgan fingerprint density at radius 2 is 1.94 bits per heavy atom. The number of nitrogens with one attached hydrogen (secondary N) is 1. The van der Waals surface area contributed by atoms with Crippen LogP contribution in [0.25, 0.3) is 32.3 Å². The monoisotopic (exact) mass is 446 g/mol. The minimum atomic E-state index is -0.0428. The first-order chi connectivity index (χ1) is 15.6. The predicted molar refractivity (Wildman–Crippen MR) is 127 cm³/mol. The summed E-state index contributed by atoms with van der Waals surface area (Å²) in [6.07, 6.45) is 1.61. The van der Waals surface area contributed by atoms with E-state index in [1.165, 1.54) is 0 Å². The van der Waals surface area contributed by atoms with Gasteiger partial charge in [-0.05, 0) is 31.5 Å². The van der Waals surface area contributed by atoms with E-state index in [9.17, 15) is 4.79 Å². The summed E-state index contributed by atoms with van der Waals surface area (Å²) in [5, 5.41) is 1.73. The first-order valence-corrected chi connectivity index (χ1v) is 11.5. The number of piperazine rings is 1. The number of aromatic nitrogens is 4. The van der Waals surface area contributed by atoms with E-state index in [4.69, 9.17) is 9.40 Å². The number of hydrogen-bond acceptors (Lipinski definition) is 8. The van der Waals surface area contributed by atoms with Crippen LogP contribution in [0, 0.1) is 13.8 Å². The Morgan fingerprint density at radius 1 is 1.12 bits per heavy atom. The first kappa shape index (κ1) is 19.4. The number of benzene rings is 1. The van der Waals surface area contributed by atoms with Crippen molar-refractivity contribution in [1.29, 1.82) is 0 Å². The Bertz CT molecular complexity index is 1530. The van der Waals surface area contributed by atoms with Crippen molar-refractivity contribution in [3.63, 3.8) is 0 Å². The zero-order chi connectivity index (χ0) is 21.8. The molecule has 1 saturated heterocycles. The predicted octanol–water partition coefficient (Wildman–Crippen LogP) is 3.61. The summed E-state index contributed by atoms with van der Waals surface area (Å²) in [6, 6.07) is 7.94. The lowest BCUT2D eigenvalue weighted by molar-refractivity contribution is 0.243. The summed E-state index contributed by atoms with van der Waals surface area (Å²) in [6.45, 7) is 7.95. The van der Waals surface area contributed by atoms with Gasteiger partial charge in [-0.25, -0.2) is 15.0 Å². The van der Waals surface area contributed by atoms with E-state index >= 15 is 0 Å². The van der Waals surface area contributed by atoms with Crippen molar-refractivity contribution < 1.29 is 4.42 Å². The van der Waals surface area contributed by atoms with Gasteiger partial charge in [-0.1, -0.05) is 12.1 Å². The molecule has 0 amide bonds. The van der Waals surface area contributed by atoms with Gasteiger partial charge >= 0.3 is 0 Å². The molecule has 0 bridgehead atoms.